The Morgan fingerprint density at radius 2 is 1.00 bits per heavy atom. The third kappa shape index (κ3) is 12.3. The molecule has 0 heterocycles. The highest BCUT2D eigenvalue weighted by atomic mass is 15.3. The molecule has 0 amide bonds. The second-order valence-electron chi connectivity index (χ2n) is 9.43. The summed E-state index contributed by atoms with van der Waals surface area (Å²) in [6.45, 7) is 2.30. The molecule has 0 N–H and O–H groups in total. The Balaban J connectivity index is 2.00. The van der Waals surface area contributed by atoms with Gasteiger partial charge in [0, 0.05) is 12.0 Å². The molecular weight excluding hydrogens is 326 g/mol. The summed E-state index contributed by atoms with van der Waals surface area (Å²) in [6, 6.07) is 11.7. The van der Waals surface area contributed by atoms with Crippen LogP contribution < -0.4 is 0 Å². The van der Waals surface area contributed by atoms with E-state index in [1.807, 2.05) is 0 Å². The standard InChI is InChI=1S/C26H48N/c1-5-6-7-8-9-10-11-12-13-14-15-16-17-21-24-26(27(2,3)4)25-22-19-18-20-23-25/h18-20,22-23,26H,5-17,21,24H2,1-4H3/q+1. The van der Waals surface area contributed by atoms with Crippen LogP contribution in [0.3, 0.4) is 0 Å². The molecule has 1 atom stereocenters. The van der Waals surface area contributed by atoms with Crippen LogP contribution in [-0.4, -0.2) is 25.6 Å². The lowest BCUT2D eigenvalue weighted by molar-refractivity contribution is -0.902. The van der Waals surface area contributed by atoms with E-state index in [1.54, 1.807) is 0 Å². The SMILES string of the molecule is CCCCCCCCCCCCCCCCC(c1ccccc1)[N+](C)(C)C. The van der Waals surface area contributed by atoms with Crippen LogP contribution in [-0.2, 0) is 0 Å². The number of quaternary nitrogens is 1. The van der Waals surface area contributed by atoms with Crippen LogP contribution in [0.4, 0.5) is 0 Å². The Morgan fingerprint density at radius 1 is 0.593 bits per heavy atom. The minimum absolute atomic E-state index is 0.628. The molecule has 0 aliphatic rings. The van der Waals surface area contributed by atoms with Crippen molar-refractivity contribution in [3.63, 3.8) is 0 Å². The van der Waals surface area contributed by atoms with E-state index < -0.39 is 0 Å². The number of hydrogen-bond donors (Lipinski definition) is 0. The van der Waals surface area contributed by atoms with Crippen molar-refractivity contribution in [3.8, 4) is 0 Å². The van der Waals surface area contributed by atoms with Crippen molar-refractivity contribution >= 4 is 0 Å². The Labute approximate surface area is 171 Å². The van der Waals surface area contributed by atoms with Gasteiger partial charge in [-0.05, 0) is 6.42 Å². The first kappa shape index (κ1) is 24.2. The summed E-state index contributed by atoms with van der Waals surface area (Å²) < 4.78 is 1.03. The van der Waals surface area contributed by atoms with E-state index in [0.29, 0.717) is 6.04 Å². The summed E-state index contributed by atoms with van der Waals surface area (Å²) in [5.41, 5.74) is 1.50. The van der Waals surface area contributed by atoms with Gasteiger partial charge in [-0.15, -0.1) is 0 Å². The van der Waals surface area contributed by atoms with Gasteiger partial charge in [-0.3, -0.25) is 0 Å². The fraction of sp³-hybridized carbons (Fsp3) is 0.769. The molecule has 0 radical (unpaired) electrons. The van der Waals surface area contributed by atoms with Crippen molar-refractivity contribution in [1.29, 1.82) is 0 Å². The summed E-state index contributed by atoms with van der Waals surface area (Å²) in [7, 11) is 7.00. The zero-order valence-corrected chi connectivity index (χ0v) is 19.0. The number of unbranched alkanes of at least 4 members (excludes halogenated alkanes) is 13. The first-order chi connectivity index (χ1) is 13.1. The number of benzene rings is 1. The van der Waals surface area contributed by atoms with Crippen molar-refractivity contribution in [2.45, 2.75) is 109 Å². The zero-order valence-electron chi connectivity index (χ0n) is 19.0. The number of rotatable bonds is 17. The second kappa shape index (κ2) is 15.1. The summed E-state index contributed by atoms with van der Waals surface area (Å²) in [4.78, 5) is 0. The number of nitrogens with zero attached hydrogens (tertiary/aromatic N) is 1. The van der Waals surface area contributed by atoms with Crippen LogP contribution in [0.15, 0.2) is 30.3 Å². The Kier molecular flexibility index (Phi) is 13.6. The molecule has 0 saturated heterocycles. The van der Waals surface area contributed by atoms with E-state index in [9.17, 15) is 0 Å². The van der Waals surface area contributed by atoms with Gasteiger partial charge in [-0.25, -0.2) is 0 Å². The zero-order chi connectivity index (χ0) is 19.8. The van der Waals surface area contributed by atoms with Crippen LogP contribution in [0.5, 0.6) is 0 Å². The summed E-state index contributed by atoms with van der Waals surface area (Å²) >= 11 is 0. The first-order valence-corrected chi connectivity index (χ1v) is 11.9. The smallest absolute Gasteiger partial charge is 0.114 e. The van der Waals surface area contributed by atoms with Crippen LogP contribution in [0, 0.1) is 0 Å². The van der Waals surface area contributed by atoms with E-state index in [2.05, 4.69) is 58.4 Å². The Morgan fingerprint density at radius 3 is 1.41 bits per heavy atom. The summed E-state index contributed by atoms with van der Waals surface area (Å²) in [6.07, 6.45) is 21.4. The minimum Gasteiger partial charge on any atom is -0.325 e. The predicted molar refractivity (Wildman–Crippen MR) is 122 cm³/mol. The molecule has 1 aromatic carbocycles. The normalized spacial score (nSPS) is 13.0. The third-order valence-corrected chi connectivity index (χ3v) is 5.95. The van der Waals surface area contributed by atoms with Gasteiger partial charge in [0.1, 0.15) is 6.04 Å². The van der Waals surface area contributed by atoms with Crippen molar-refractivity contribution in [3.05, 3.63) is 35.9 Å². The number of hydrogen-bond acceptors (Lipinski definition) is 0. The fourth-order valence-corrected chi connectivity index (χ4v) is 4.21. The summed E-state index contributed by atoms with van der Waals surface area (Å²) in [5.74, 6) is 0. The van der Waals surface area contributed by atoms with Crippen LogP contribution in [0.1, 0.15) is 115 Å². The fourth-order valence-electron chi connectivity index (χ4n) is 4.21. The molecule has 1 nitrogen and oxygen atoms in total. The Hall–Kier alpha value is -0.820. The highest BCUT2D eigenvalue weighted by Crippen LogP contribution is 2.29. The third-order valence-electron chi connectivity index (χ3n) is 5.95. The average Bonchev–Trinajstić information content (AvgIpc) is 2.64. The van der Waals surface area contributed by atoms with Gasteiger partial charge in [0.25, 0.3) is 0 Å². The van der Waals surface area contributed by atoms with Crippen molar-refractivity contribution in [2.75, 3.05) is 21.1 Å². The lowest BCUT2D eigenvalue weighted by atomic mass is 9.97. The largest absolute Gasteiger partial charge is 0.325 e. The maximum absolute atomic E-state index is 2.33. The molecule has 0 aromatic heterocycles. The van der Waals surface area contributed by atoms with Gasteiger partial charge in [0.15, 0.2) is 0 Å². The Bertz CT molecular complexity index is 431. The van der Waals surface area contributed by atoms with Gasteiger partial charge in [-0.1, -0.05) is 121 Å². The van der Waals surface area contributed by atoms with Gasteiger partial charge in [-0.2, -0.15) is 0 Å². The lowest BCUT2D eigenvalue weighted by Gasteiger charge is -2.34. The molecule has 156 valence electrons. The molecule has 0 fully saturated rings. The molecule has 1 heteroatoms. The van der Waals surface area contributed by atoms with Crippen LogP contribution in [0.2, 0.25) is 0 Å². The van der Waals surface area contributed by atoms with Crippen molar-refractivity contribution in [1.82, 2.24) is 0 Å². The molecule has 1 unspecified atom stereocenters. The lowest BCUT2D eigenvalue weighted by Crippen LogP contribution is -2.38. The quantitative estimate of drug-likeness (QED) is 0.190. The van der Waals surface area contributed by atoms with Crippen molar-refractivity contribution in [2.24, 2.45) is 0 Å². The first-order valence-electron chi connectivity index (χ1n) is 11.9. The maximum atomic E-state index is 2.33. The molecule has 27 heavy (non-hydrogen) atoms. The summed E-state index contributed by atoms with van der Waals surface area (Å²) in [5, 5.41) is 0. The molecule has 0 spiro atoms. The monoisotopic (exact) mass is 374 g/mol. The van der Waals surface area contributed by atoms with E-state index in [-0.39, 0.29) is 0 Å². The van der Waals surface area contributed by atoms with Gasteiger partial charge in [0.05, 0.1) is 21.1 Å². The molecular formula is C26H48N+. The van der Waals surface area contributed by atoms with Gasteiger partial charge in [0.2, 0.25) is 0 Å². The van der Waals surface area contributed by atoms with E-state index in [0.717, 1.165) is 4.48 Å². The molecule has 0 aliphatic heterocycles. The highest BCUT2D eigenvalue weighted by Gasteiger charge is 2.24. The average molecular weight is 375 g/mol. The minimum atomic E-state index is 0.628. The van der Waals surface area contributed by atoms with Crippen LogP contribution >= 0.6 is 0 Å². The second-order valence-corrected chi connectivity index (χ2v) is 9.43. The topological polar surface area (TPSA) is 0 Å². The van der Waals surface area contributed by atoms with E-state index in [1.165, 1.54) is 102 Å². The van der Waals surface area contributed by atoms with Gasteiger partial charge < -0.3 is 4.48 Å². The van der Waals surface area contributed by atoms with Gasteiger partial charge >= 0.3 is 0 Å². The van der Waals surface area contributed by atoms with E-state index >= 15 is 0 Å². The molecule has 0 saturated carbocycles. The molecule has 0 aliphatic carbocycles. The predicted octanol–water partition coefficient (Wildman–Crippen LogP) is 8.31. The molecule has 0 bridgehead atoms. The van der Waals surface area contributed by atoms with Crippen LogP contribution in [0.25, 0.3) is 0 Å². The highest BCUT2D eigenvalue weighted by molar-refractivity contribution is 5.17. The maximum Gasteiger partial charge on any atom is 0.114 e. The van der Waals surface area contributed by atoms with E-state index in [4.69, 9.17) is 0 Å². The molecule has 1 aromatic rings. The van der Waals surface area contributed by atoms with Crippen molar-refractivity contribution < 1.29 is 4.48 Å². The molecule has 1 rings (SSSR count).